The molecule has 0 spiro atoms. The van der Waals surface area contributed by atoms with Gasteiger partial charge in [0.2, 0.25) is 0 Å². The third-order valence-electron chi connectivity index (χ3n) is 2.75. The number of amides is 2. The molecule has 0 atom stereocenters. The lowest BCUT2D eigenvalue weighted by molar-refractivity contribution is 0.249. The van der Waals surface area contributed by atoms with Crippen molar-refractivity contribution in [1.82, 2.24) is 5.43 Å². The molecule has 0 aliphatic heterocycles. The maximum absolute atomic E-state index is 10.5. The highest BCUT2D eigenvalue weighted by Crippen LogP contribution is 2.14. The van der Waals surface area contributed by atoms with Crippen molar-refractivity contribution in [3.05, 3.63) is 0 Å². The van der Waals surface area contributed by atoms with E-state index >= 15 is 0 Å². The van der Waals surface area contributed by atoms with Gasteiger partial charge in [-0.15, -0.1) is 0 Å². The Morgan fingerprint density at radius 3 is 1.93 bits per heavy atom. The summed E-state index contributed by atoms with van der Waals surface area (Å²) in [6.07, 6.45) is 10.9. The molecule has 4 nitrogen and oxygen atoms in total. The van der Waals surface area contributed by atoms with Crippen molar-refractivity contribution in [2.24, 2.45) is 10.8 Å². The topological polar surface area (TPSA) is 67.5 Å². The fraction of sp³-hybridized carbons (Fsp3) is 0.818. The van der Waals surface area contributed by atoms with Crippen LogP contribution in [-0.4, -0.2) is 11.7 Å². The minimum Gasteiger partial charge on any atom is -0.350 e. The van der Waals surface area contributed by atoms with Gasteiger partial charge in [-0.3, -0.25) is 0 Å². The Bertz CT molecular complexity index is 214. The van der Waals surface area contributed by atoms with Crippen molar-refractivity contribution in [3.8, 4) is 0 Å². The van der Waals surface area contributed by atoms with E-state index in [9.17, 15) is 4.79 Å². The van der Waals surface area contributed by atoms with E-state index in [1.165, 1.54) is 44.9 Å². The molecule has 1 aliphatic rings. The summed E-state index contributed by atoms with van der Waals surface area (Å²) in [5, 5.41) is 4.05. The Hall–Kier alpha value is -1.06. The quantitative estimate of drug-likeness (QED) is 0.643. The fourth-order valence-corrected chi connectivity index (χ4v) is 1.91. The van der Waals surface area contributed by atoms with Crippen LogP contribution >= 0.6 is 0 Å². The second-order valence-electron chi connectivity index (χ2n) is 4.13. The molecule has 0 radical (unpaired) electrons. The second-order valence-corrected chi connectivity index (χ2v) is 4.13. The summed E-state index contributed by atoms with van der Waals surface area (Å²) < 4.78 is 0. The third-order valence-corrected chi connectivity index (χ3v) is 2.75. The lowest BCUT2D eigenvalue weighted by atomic mass is 10.00. The highest BCUT2D eigenvalue weighted by Gasteiger charge is 2.03. The molecule has 4 heteroatoms. The Balaban J connectivity index is 2.37. The first-order valence-electron chi connectivity index (χ1n) is 5.90. The van der Waals surface area contributed by atoms with Crippen LogP contribution in [0.1, 0.15) is 57.8 Å². The molecule has 1 saturated carbocycles. The number of carbonyl (C=O) groups excluding carboxylic acids is 1. The Morgan fingerprint density at radius 1 is 1.00 bits per heavy atom. The summed E-state index contributed by atoms with van der Waals surface area (Å²) in [4.78, 5) is 10.5. The molecule has 3 N–H and O–H groups in total. The van der Waals surface area contributed by atoms with E-state index in [0.29, 0.717) is 0 Å². The molecule has 0 bridgehead atoms. The smallest absolute Gasteiger partial charge is 0.332 e. The first-order valence-corrected chi connectivity index (χ1v) is 5.90. The number of nitrogens with zero attached hydrogens (tertiary/aromatic N) is 1. The van der Waals surface area contributed by atoms with Gasteiger partial charge >= 0.3 is 6.03 Å². The summed E-state index contributed by atoms with van der Waals surface area (Å²) in [7, 11) is 0. The Labute approximate surface area is 91.3 Å². The van der Waals surface area contributed by atoms with Crippen molar-refractivity contribution in [1.29, 1.82) is 0 Å². The number of hydrazone groups is 1. The van der Waals surface area contributed by atoms with Crippen LogP contribution in [0.3, 0.4) is 0 Å². The molecule has 0 heterocycles. The maximum atomic E-state index is 10.5. The largest absolute Gasteiger partial charge is 0.350 e. The van der Waals surface area contributed by atoms with Crippen LogP contribution in [-0.2, 0) is 0 Å². The van der Waals surface area contributed by atoms with E-state index in [-0.39, 0.29) is 0 Å². The van der Waals surface area contributed by atoms with Gasteiger partial charge in [0.05, 0.1) is 0 Å². The zero-order valence-electron chi connectivity index (χ0n) is 9.30. The number of nitrogens with one attached hydrogen (secondary N) is 1. The van der Waals surface area contributed by atoms with Gasteiger partial charge in [0.25, 0.3) is 0 Å². The van der Waals surface area contributed by atoms with Crippen LogP contribution in [0.4, 0.5) is 4.79 Å². The minimum absolute atomic E-state index is 0.570. The third kappa shape index (κ3) is 6.10. The molecule has 2 amide bonds. The molecule has 1 fully saturated rings. The molecule has 0 aromatic carbocycles. The standard InChI is InChI=1S/C11H21N3O/c12-11(15)14-13-10-8-6-4-2-1-3-5-7-9-10/h1-9H2,(H3,12,14,15). The number of hydrogen-bond donors (Lipinski definition) is 2. The first kappa shape index (κ1) is 12.0. The highest BCUT2D eigenvalue weighted by atomic mass is 16.2. The summed E-state index contributed by atoms with van der Waals surface area (Å²) in [5.41, 5.74) is 8.40. The van der Waals surface area contributed by atoms with E-state index < -0.39 is 6.03 Å². The van der Waals surface area contributed by atoms with Crippen LogP contribution in [0.5, 0.6) is 0 Å². The number of urea groups is 1. The molecule has 0 aromatic heterocycles. The summed E-state index contributed by atoms with van der Waals surface area (Å²) in [6, 6.07) is -0.570. The lowest BCUT2D eigenvalue weighted by Gasteiger charge is -2.09. The van der Waals surface area contributed by atoms with Gasteiger partial charge in [-0.2, -0.15) is 5.10 Å². The first-order chi connectivity index (χ1) is 7.29. The van der Waals surface area contributed by atoms with Crippen molar-refractivity contribution < 1.29 is 4.79 Å². The van der Waals surface area contributed by atoms with E-state index in [2.05, 4.69) is 10.5 Å². The van der Waals surface area contributed by atoms with E-state index in [4.69, 9.17) is 5.73 Å². The van der Waals surface area contributed by atoms with Crippen LogP contribution < -0.4 is 11.2 Å². The molecular formula is C11H21N3O. The van der Waals surface area contributed by atoms with Crippen LogP contribution in [0.15, 0.2) is 5.10 Å². The molecule has 0 aromatic rings. The molecular weight excluding hydrogens is 190 g/mol. The van der Waals surface area contributed by atoms with E-state index in [1.807, 2.05) is 0 Å². The fourth-order valence-electron chi connectivity index (χ4n) is 1.91. The van der Waals surface area contributed by atoms with Gasteiger partial charge in [0.1, 0.15) is 0 Å². The minimum atomic E-state index is -0.570. The van der Waals surface area contributed by atoms with Crippen LogP contribution in [0.25, 0.3) is 0 Å². The van der Waals surface area contributed by atoms with Crippen molar-refractivity contribution in [3.63, 3.8) is 0 Å². The van der Waals surface area contributed by atoms with Gasteiger partial charge in [0.15, 0.2) is 0 Å². The summed E-state index contributed by atoms with van der Waals surface area (Å²) in [6.45, 7) is 0. The van der Waals surface area contributed by atoms with Crippen LogP contribution in [0.2, 0.25) is 0 Å². The second kappa shape index (κ2) is 7.26. The normalized spacial score (nSPS) is 19.3. The van der Waals surface area contributed by atoms with Crippen molar-refractivity contribution in [2.75, 3.05) is 0 Å². The predicted octanol–water partition coefficient (Wildman–Crippen LogP) is 2.54. The SMILES string of the molecule is NC(=O)NN=C1CCCCCCCCC1. The van der Waals surface area contributed by atoms with E-state index in [1.54, 1.807) is 0 Å². The average Bonchev–Trinajstić information content (AvgIpc) is 2.23. The predicted molar refractivity (Wildman–Crippen MR) is 61.7 cm³/mol. The van der Waals surface area contributed by atoms with Gasteiger partial charge in [0, 0.05) is 5.71 Å². The zero-order valence-corrected chi connectivity index (χ0v) is 9.30. The zero-order chi connectivity index (χ0) is 10.9. The van der Waals surface area contributed by atoms with Crippen LogP contribution in [0, 0.1) is 0 Å². The number of primary amides is 1. The Kier molecular flexibility index (Phi) is 5.81. The molecule has 1 aliphatic carbocycles. The monoisotopic (exact) mass is 211 g/mol. The van der Waals surface area contributed by atoms with Crippen molar-refractivity contribution >= 4 is 11.7 Å². The number of carbonyl (C=O) groups is 1. The molecule has 0 saturated heterocycles. The Morgan fingerprint density at radius 2 is 1.47 bits per heavy atom. The molecule has 15 heavy (non-hydrogen) atoms. The van der Waals surface area contributed by atoms with Gasteiger partial charge < -0.3 is 5.73 Å². The highest BCUT2D eigenvalue weighted by molar-refractivity contribution is 5.85. The van der Waals surface area contributed by atoms with Crippen molar-refractivity contribution in [2.45, 2.75) is 57.8 Å². The maximum Gasteiger partial charge on any atom is 0.332 e. The molecule has 86 valence electrons. The molecule has 0 unspecified atom stereocenters. The van der Waals surface area contributed by atoms with Gasteiger partial charge in [-0.05, 0) is 25.7 Å². The molecule has 1 rings (SSSR count). The van der Waals surface area contributed by atoms with Gasteiger partial charge in [-0.1, -0.05) is 32.1 Å². The lowest BCUT2D eigenvalue weighted by Crippen LogP contribution is -2.25. The number of hydrogen-bond acceptors (Lipinski definition) is 2. The summed E-state index contributed by atoms with van der Waals surface area (Å²) in [5.74, 6) is 0. The van der Waals surface area contributed by atoms with Gasteiger partial charge in [-0.25, -0.2) is 10.2 Å². The number of rotatable bonds is 1. The number of nitrogens with two attached hydrogens (primary N) is 1. The summed E-state index contributed by atoms with van der Waals surface area (Å²) >= 11 is 0. The average molecular weight is 211 g/mol. The van der Waals surface area contributed by atoms with E-state index in [0.717, 1.165) is 18.6 Å².